The molecule has 3 rings (SSSR count). The van der Waals surface area contributed by atoms with Crippen molar-refractivity contribution < 1.29 is 9.53 Å². The third kappa shape index (κ3) is 3.91. The molecule has 2 aromatic rings. The lowest BCUT2D eigenvalue weighted by Gasteiger charge is -2.15. The Hall–Kier alpha value is -3.44. The third-order valence-corrected chi connectivity index (χ3v) is 3.48. The van der Waals surface area contributed by atoms with Crippen molar-refractivity contribution in [2.75, 3.05) is 0 Å². The number of aromatic nitrogens is 1. The third-order valence-electron chi connectivity index (χ3n) is 3.48. The SMILES string of the molecule is CC(Oc1ccccc1C#N)C(=O)NC1=NC(c2ccccn2)NN1. The summed E-state index contributed by atoms with van der Waals surface area (Å²) in [7, 11) is 0. The Morgan fingerprint density at radius 3 is 2.88 bits per heavy atom. The molecule has 0 radical (unpaired) electrons. The molecule has 8 nitrogen and oxygen atoms in total. The van der Waals surface area contributed by atoms with Crippen molar-refractivity contribution in [3.05, 3.63) is 59.9 Å². The second-order valence-electron chi connectivity index (χ2n) is 5.26. The Bertz CT molecular complexity index is 831. The van der Waals surface area contributed by atoms with Gasteiger partial charge in [-0.15, -0.1) is 0 Å². The number of nitrogens with zero attached hydrogens (tertiary/aromatic N) is 3. The number of benzene rings is 1. The van der Waals surface area contributed by atoms with E-state index in [1.54, 1.807) is 37.4 Å². The molecule has 1 aromatic heterocycles. The number of pyridine rings is 1. The van der Waals surface area contributed by atoms with Crippen molar-refractivity contribution in [1.82, 2.24) is 21.2 Å². The molecule has 2 atom stereocenters. The minimum absolute atomic E-state index is 0.282. The van der Waals surface area contributed by atoms with Crippen molar-refractivity contribution in [1.29, 1.82) is 5.26 Å². The van der Waals surface area contributed by atoms with Crippen molar-refractivity contribution >= 4 is 11.9 Å². The molecule has 8 heteroatoms. The topological polar surface area (TPSA) is 111 Å². The number of ether oxygens (including phenoxy) is 1. The van der Waals surface area contributed by atoms with E-state index in [-0.39, 0.29) is 18.0 Å². The Labute approximate surface area is 144 Å². The van der Waals surface area contributed by atoms with Gasteiger partial charge in [0.15, 0.2) is 12.3 Å². The number of aliphatic imine (C=N–C) groups is 1. The summed E-state index contributed by atoms with van der Waals surface area (Å²) in [6, 6.07) is 14.3. The summed E-state index contributed by atoms with van der Waals surface area (Å²) in [5.41, 5.74) is 6.82. The zero-order valence-corrected chi connectivity index (χ0v) is 13.4. The van der Waals surface area contributed by atoms with Crippen LogP contribution in [0.4, 0.5) is 0 Å². The highest BCUT2D eigenvalue weighted by Crippen LogP contribution is 2.18. The lowest BCUT2D eigenvalue weighted by molar-refractivity contribution is -0.125. The molecule has 0 aliphatic carbocycles. The van der Waals surface area contributed by atoms with E-state index in [2.05, 4.69) is 26.1 Å². The number of carbonyl (C=O) groups excluding carboxylic acids is 1. The number of hydrazine groups is 1. The number of amides is 1. The molecule has 126 valence electrons. The maximum Gasteiger partial charge on any atom is 0.267 e. The van der Waals surface area contributed by atoms with Crippen LogP contribution in [0.1, 0.15) is 24.3 Å². The number of para-hydroxylation sites is 1. The summed E-state index contributed by atoms with van der Waals surface area (Å²) in [4.78, 5) is 20.8. The Morgan fingerprint density at radius 2 is 2.12 bits per heavy atom. The van der Waals surface area contributed by atoms with Crippen LogP contribution in [-0.4, -0.2) is 23.0 Å². The van der Waals surface area contributed by atoms with E-state index < -0.39 is 6.10 Å². The summed E-state index contributed by atoms with van der Waals surface area (Å²) in [6.45, 7) is 1.60. The van der Waals surface area contributed by atoms with Crippen molar-refractivity contribution in [3.8, 4) is 11.8 Å². The van der Waals surface area contributed by atoms with E-state index in [4.69, 9.17) is 10.00 Å². The highest BCUT2D eigenvalue weighted by atomic mass is 16.5. The van der Waals surface area contributed by atoms with Crippen molar-refractivity contribution in [2.24, 2.45) is 4.99 Å². The van der Waals surface area contributed by atoms with Gasteiger partial charge in [0.05, 0.1) is 11.3 Å². The summed E-state index contributed by atoms with van der Waals surface area (Å²) >= 11 is 0. The summed E-state index contributed by atoms with van der Waals surface area (Å²) in [6.07, 6.45) is 0.492. The maximum absolute atomic E-state index is 12.3. The van der Waals surface area contributed by atoms with E-state index in [1.807, 2.05) is 24.3 Å². The molecule has 2 unspecified atom stereocenters. The smallest absolute Gasteiger partial charge is 0.267 e. The molecule has 3 N–H and O–H groups in total. The minimum atomic E-state index is -0.798. The fourth-order valence-corrected chi connectivity index (χ4v) is 2.20. The van der Waals surface area contributed by atoms with Gasteiger partial charge in [-0.3, -0.25) is 20.5 Å². The van der Waals surface area contributed by atoms with Gasteiger partial charge in [-0.1, -0.05) is 18.2 Å². The van der Waals surface area contributed by atoms with Crippen LogP contribution in [0.5, 0.6) is 5.75 Å². The number of carbonyl (C=O) groups is 1. The molecule has 25 heavy (non-hydrogen) atoms. The normalized spacial score (nSPS) is 17.0. The fourth-order valence-electron chi connectivity index (χ4n) is 2.20. The predicted octanol–water partition coefficient (Wildman–Crippen LogP) is 0.999. The van der Waals surface area contributed by atoms with E-state index >= 15 is 0 Å². The molecule has 0 spiro atoms. The molecule has 2 heterocycles. The van der Waals surface area contributed by atoms with Crippen LogP contribution < -0.4 is 20.9 Å². The minimum Gasteiger partial charge on any atom is -0.480 e. The molecular weight excluding hydrogens is 320 g/mol. The van der Waals surface area contributed by atoms with Crippen molar-refractivity contribution in [2.45, 2.75) is 19.2 Å². The fraction of sp³-hybridized carbons (Fsp3) is 0.176. The van der Waals surface area contributed by atoms with E-state index in [9.17, 15) is 4.79 Å². The van der Waals surface area contributed by atoms with Crippen LogP contribution >= 0.6 is 0 Å². The zero-order valence-electron chi connectivity index (χ0n) is 13.4. The van der Waals surface area contributed by atoms with E-state index in [0.29, 0.717) is 11.3 Å². The van der Waals surface area contributed by atoms with Crippen LogP contribution in [0.15, 0.2) is 53.7 Å². The van der Waals surface area contributed by atoms with Crippen LogP contribution in [0.2, 0.25) is 0 Å². The van der Waals surface area contributed by atoms with Gasteiger partial charge in [-0.05, 0) is 31.2 Å². The second-order valence-corrected chi connectivity index (χ2v) is 5.26. The molecule has 1 aliphatic rings. The average molecular weight is 336 g/mol. The molecule has 1 aromatic carbocycles. The monoisotopic (exact) mass is 336 g/mol. The van der Waals surface area contributed by atoms with Gasteiger partial charge in [0.2, 0.25) is 5.96 Å². The Balaban J connectivity index is 1.61. The first-order valence-corrected chi connectivity index (χ1v) is 7.64. The lowest BCUT2D eigenvalue weighted by atomic mass is 10.2. The lowest BCUT2D eigenvalue weighted by Crippen LogP contribution is -2.46. The van der Waals surface area contributed by atoms with Crippen LogP contribution in [0, 0.1) is 11.3 Å². The summed E-state index contributed by atoms with van der Waals surface area (Å²) in [5.74, 6) is 0.255. The number of guanidine groups is 1. The summed E-state index contributed by atoms with van der Waals surface area (Å²) in [5, 5.41) is 11.7. The quantitative estimate of drug-likeness (QED) is 0.768. The number of hydrogen-bond acceptors (Lipinski definition) is 7. The van der Waals surface area contributed by atoms with E-state index in [0.717, 1.165) is 5.69 Å². The van der Waals surface area contributed by atoms with Gasteiger partial charge < -0.3 is 4.74 Å². The highest BCUT2D eigenvalue weighted by molar-refractivity contribution is 5.99. The predicted molar refractivity (Wildman–Crippen MR) is 90.1 cm³/mol. The Morgan fingerprint density at radius 1 is 1.32 bits per heavy atom. The largest absolute Gasteiger partial charge is 0.480 e. The summed E-state index contributed by atoms with van der Waals surface area (Å²) < 4.78 is 5.57. The van der Waals surface area contributed by atoms with Gasteiger partial charge in [-0.25, -0.2) is 10.4 Å². The molecule has 0 saturated carbocycles. The molecular formula is C17H16N6O2. The molecule has 0 bridgehead atoms. The second kappa shape index (κ2) is 7.42. The van der Waals surface area contributed by atoms with Gasteiger partial charge >= 0.3 is 0 Å². The van der Waals surface area contributed by atoms with Gasteiger partial charge in [0, 0.05) is 6.20 Å². The highest BCUT2D eigenvalue weighted by Gasteiger charge is 2.23. The first-order valence-electron chi connectivity index (χ1n) is 7.64. The first kappa shape index (κ1) is 16.4. The number of hydrogen-bond donors (Lipinski definition) is 3. The van der Waals surface area contributed by atoms with E-state index in [1.165, 1.54) is 0 Å². The van der Waals surface area contributed by atoms with Gasteiger partial charge in [0.1, 0.15) is 11.8 Å². The zero-order chi connectivity index (χ0) is 17.6. The molecule has 1 amide bonds. The average Bonchev–Trinajstić information content (AvgIpc) is 3.11. The number of rotatable bonds is 4. The van der Waals surface area contributed by atoms with Crippen LogP contribution in [-0.2, 0) is 4.79 Å². The van der Waals surface area contributed by atoms with Gasteiger partial charge in [-0.2, -0.15) is 5.26 Å². The number of nitriles is 1. The molecule has 1 aliphatic heterocycles. The Kier molecular flexibility index (Phi) is 4.87. The molecule has 0 saturated heterocycles. The maximum atomic E-state index is 12.3. The first-order chi connectivity index (χ1) is 12.2. The van der Waals surface area contributed by atoms with Gasteiger partial charge in [0.25, 0.3) is 5.91 Å². The number of nitrogens with one attached hydrogen (secondary N) is 3. The van der Waals surface area contributed by atoms with Crippen molar-refractivity contribution in [3.63, 3.8) is 0 Å². The van der Waals surface area contributed by atoms with Crippen LogP contribution in [0.25, 0.3) is 0 Å². The standard InChI is InChI=1S/C17H16N6O2/c1-11(25-14-8-3-2-6-12(14)10-18)16(24)21-17-20-15(22-23-17)13-7-4-5-9-19-13/h2-9,11,15,22H,1H3,(H2,20,21,23,24). The molecule has 0 fully saturated rings. The van der Waals surface area contributed by atoms with Crippen LogP contribution in [0.3, 0.4) is 0 Å².